The molecule has 2 heterocycles. The molecule has 0 aliphatic carbocycles. The molecule has 0 bridgehead atoms. The van der Waals surface area contributed by atoms with Gasteiger partial charge in [-0.15, -0.1) is 0 Å². The predicted molar refractivity (Wildman–Crippen MR) is 104 cm³/mol. The molecule has 0 fully saturated rings. The van der Waals surface area contributed by atoms with Gasteiger partial charge < -0.3 is 14.0 Å². The van der Waals surface area contributed by atoms with E-state index in [0.29, 0.717) is 17.9 Å². The van der Waals surface area contributed by atoms with Crippen molar-refractivity contribution in [1.29, 1.82) is 0 Å². The number of hydrogen-bond acceptors (Lipinski definition) is 3. The highest BCUT2D eigenvalue weighted by Gasteiger charge is 2.26. The monoisotopic (exact) mass is 347 g/mol. The minimum absolute atomic E-state index is 0.0405. The zero-order valence-electron chi connectivity index (χ0n) is 15.2. The highest BCUT2D eigenvalue weighted by Crippen LogP contribution is 2.35. The molecule has 4 rings (SSSR count). The molecule has 1 aromatic heterocycles. The van der Waals surface area contributed by atoms with Gasteiger partial charge in [0, 0.05) is 5.39 Å². The van der Waals surface area contributed by atoms with Crippen LogP contribution in [0.2, 0.25) is 0 Å². The van der Waals surface area contributed by atoms with Gasteiger partial charge in [-0.05, 0) is 55.8 Å². The lowest BCUT2D eigenvalue weighted by Crippen LogP contribution is -2.32. The Morgan fingerprint density at radius 3 is 2.54 bits per heavy atom. The van der Waals surface area contributed by atoms with Crippen molar-refractivity contribution in [3.05, 3.63) is 76.1 Å². The molecule has 0 radical (unpaired) electrons. The van der Waals surface area contributed by atoms with Crippen LogP contribution >= 0.6 is 0 Å². The van der Waals surface area contributed by atoms with Crippen LogP contribution < -0.4 is 15.0 Å². The standard InChI is InChI=1S/C22H21NO3/c1-22(2)13-12-18-20(26-22)17-6-4-5-7-19(17)23(21(18)24)14-15-8-10-16(25-3)11-9-15/h4-13H,14H2,1-3H3. The number of hydrogen-bond donors (Lipinski definition) is 0. The Labute approximate surface area is 152 Å². The maximum atomic E-state index is 13.2. The van der Waals surface area contributed by atoms with Crippen molar-refractivity contribution < 1.29 is 9.47 Å². The first-order valence-electron chi connectivity index (χ1n) is 8.65. The second-order valence-corrected chi connectivity index (χ2v) is 7.04. The molecule has 0 unspecified atom stereocenters. The lowest BCUT2D eigenvalue weighted by Gasteiger charge is -2.29. The summed E-state index contributed by atoms with van der Waals surface area (Å²) in [5, 5.41) is 0.952. The fourth-order valence-corrected chi connectivity index (χ4v) is 3.31. The van der Waals surface area contributed by atoms with E-state index >= 15 is 0 Å². The second-order valence-electron chi connectivity index (χ2n) is 7.04. The quantitative estimate of drug-likeness (QED) is 0.711. The second kappa shape index (κ2) is 6.06. The Hall–Kier alpha value is -3.01. The normalized spacial score (nSPS) is 14.7. The summed E-state index contributed by atoms with van der Waals surface area (Å²) in [6.07, 6.45) is 3.82. The Bertz CT molecular complexity index is 1060. The molecule has 0 saturated carbocycles. The summed E-state index contributed by atoms with van der Waals surface area (Å²) in [5.74, 6) is 1.47. The van der Waals surface area contributed by atoms with Gasteiger partial charge in [-0.25, -0.2) is 0 Å². The Morgan fingerprint density at radius 1 is 1.08 bits per heavy atom. The van der Waals surface area contributed by atoms with Gasteiger partial charge in [0.25, 0.3) is 5.56 Å². The minimum Gasteiger partial charge on any atom is -0.497 e. The summed E-state index contributed by atoms with van der Waals surface area (Å²) in [5.41, 5.74) is 2.06. The van der Waals surface area contributed by atoms with E-state index in [4.69, 9.17) is 9.47 Å². The van der Waals surface area contributed by atoms with Gasteiger partial charge in [0.1, 0.15) is 17.1 Å². The number of nitrogens with zero attached hydrogens (tertiary/aromatic N) is 1. The summed E-state index contributed by atoms with van der Waals surface area (Å²) >= 11 is 0. The Balaban J connectivity index is 1.90. The smallest absolute Gasteiger partial charge is 0.262 e. The topological polar surface area (TPSA) is 40.5 Å². The largest absolute Gasteiger partial charge is 0.497 e. The molecule has 3 aromatic rings. The molecule has 0 N–H and O–H groups in total. The van der Waals surface area contributed by atoms with Crippen LogP contribution in [0.15, 0.2) is 59.4 Å². The molecule has 132 valence electrons. The van der Waals surface area contributed by atoms with Crippen LogP contribution in [0.3, 0.4) is 0 Å². The molecule has 2 aromatic carbocycles. The molecule has 0 atom stereocenters. The van der Waals surface area contributed by atoms with E-state index in [0.717, 1.165) is 22.2 Å². The summed E-state index contributed by atoms with van der Waals surface area (Å²) in [7, 11) is 1.64. The van der Waals surface area contributed by atoms with Gasteiger partial charge in [-0.2, -0.15) is 0 Å². The van der Waals surface area contributed by atoms with Gasteiger partial charge in [-0.3, -0.25) is 4.79 Å². The van der Waals surface area contributed by atoms with E-state index in [1.165, 1.54) is 0 Å². The van der Waals surface area contributed by atoms with Crippen molar-refractivity contribution in [2.45, 2.75) is 26.0 Å². The van der Waals surface area contributed by atoms with Crippen molar-refractivity contribution >= 4 is 17.0 Å². The molecule has 0 saturated heterocycles. The molecule has 0 amide bonds. The predicted octanol–water partition coefficient (Wildman–Crippen LogP) is 4.24. The van der Waals surface area contributed by atoms with E-state index in [1.807, 2.05) is 79.1 Å². The zero-order valence-corrected chi connectivity index (χ0v) is 15.2. The van der Waals surface area contributed by atoms with E-state index in [9.17, 15) is 4.79 Å². The molecule has 4 nitrogen and oxygen atoms in total. The molecular weight excluding hydrogens is 326 g/mol. The number of fused-ring (bicyclic) bond motifs is 3. The maximum Gasteiger partial charge on any atom is 0.262 e. The van der Waals surface area contributed by atoms with E-state index in [-0.39, 0.29) is 5.56 Å². The summed E-state index contributed by atoms with van der Waals surface area (Å²) < 4.78 is 13.2. The highest BCUT2D eigenvalue weighted by molar-refractivity contribution is 5.89. The van der Waals surface area contributed by atoms with Crippen LogP contribution in [0.1, 0.15) is 25.0 Å². The van der Waals surface area contributed by atoms with Crippen molar-refractivity contribution in [2.24, 2.45) is 0 Å². The molecule has 1 aliphatic heterocycles. The summed E-state index contributed by atoms with van der Waals surface area (Å²) in [6, 6.07) is 15.7. The average Bonchev–Trinajstić information content (AvgIpc) is 2.65. The van der Waals surface area contributed by atoms with Crippen molar-refractivity contribution in [3.8, 4) is 11.5 Å². The molecule has 26 heavy (non-hydrogen) atoms. The van der Waals surface area contributed by atoms with Crippen molar-refractivity contribution in [1.82, 2.24) is 4.57 Å². The lowest BCUT2D eigenvalue weighted by molar-refractivity contribution is 0.161. The van der Waals surface area contributed by atoms with Crippen molar-refractivity contribution in [2.75, 3.05) is 7.11 Å². The summed E-state index contributed by atoms with van der Waals surface area (Å²) in [4.78, 5) is 13.2. The lowest BCUT2D eigenvalue weighted by atomic mass is 10.0. The Morgan fingerprint density at radius 2 is 1.81 bits per heavy atom. The van der Waals surface area contributed by atoms with Gasteiger partial charge in [-0.1, -0.05) is 24.3 Å². The minimum atomic E-state index is -0.426. The average molecular weight is 347 g/mol. The van der Waals surface area contributed by atoms with Gasteiger partial charge in [0.15, 0.2) is 0 Å². The molecule has 0 spiro atoms. The van der Waals surface area contributed by atoms with Crippen LogP contribution in [0.5, 0.6) is 11.5 Å². The fourth-order valence-electron chi connectivity index (χ4n) is 3.31. The van der Waals surface area contributed by atoms with Crippen LogP contribution in [0.4, 0.5) is 0 Å². The van der Waals surface area contributed by atoms with E-state index < -0.39 is 5.60 Å². The molecule has 4 heteroatoms. The van der Waals surface area contributed by atoms with E-state index in [1.54, 1.807) is 7.11 Å². The fraction of sp³-hybridized carbons (Fsp3) is 0.227. The number of aromatic nitrogens is 1. The number of methoxy groups -OCH3 is 1. The van der Waals surface area contributed by atoms with Crippen LogP contribution in [-0.4, -0.2) is 17.3 Å². The van der Waals surface area contributed by atoms with Crippen molar-refractivity contribution in [3.63, 3.8) is 0 Å². The van der Waals surface area contributed by atoms with Gasteiger partial charge in [0.05, 0.1) is 24.7 Å². The van der Waals surface area contributed by atoms with Crippen LogP contribution in [0, 0.1) is 0 Å². The highest BCUT2D eigenvalue weighted by atomic mass is 16.5. The van der Waals surface area contributed by atoms with Crippen LogP contribution in [0.25, 0.3) is 17.0 Å². The number of pyridine rings is 1. The number of para-hydroxylation sites is 1. The first kappa shape index (κ1) is 16.5. The third kappa shape index (κ3) is 2.77. The summed E-state index contributed by atoms with van der Waals surface area (Å²) in [6.45, 7) is 4.47. The number of ether oxygens (including phenoxy) is 2. The van der Waals surface area contributed by atoms with Gasteiger partial charge in [0.2, 0.25) is 0 Å². The SMILES string of the molecule is COc1ccc(Cn2c(=O)c3c(c4ccccc42)OC(C)(C)C=C3)cc1. The first-order chi connectivity index (χ1) is 12.5. The zero-order chi connectivity index (χ0) is 18.3. The Kier molecular flexibility index (Phi) is 3.83. The van der Waals surface area contributed by atoms with Crippen LogP contribution in [-0.2, 0) is 6.54 Å². The van der Waals surface area contributed by atoms with Gasteiger partial charge >= 0.3 is 0 Å². The molecular formula is C22H21NO3. The third-order valence-corrected chi connectivity index (χ3v) is 4.68. The number of rotatable bonds is 3. The molecule has 1 aliphatic rings. The first-order valence-corrected chi connectivity index (χ1v) is 8.65. The van der Waals surface area contributed by atoms with E-state index in [2.05, 4.69) is 0 Å². The maximum absolute atomic E-state index is 13.2. The third-order valence-electron chi connectivity index (χ3n) is 4.68. The number of benzene rings is 2.